The Morgan fingerprint density at radius 2 is 1.81 bits per heavy atom. The number of carbonyl (C=O) groups excluding carboxylic acids is 1. The first-order valence-corrected chi connectivity index (χ1v) is 12.3. The number of piperazine rings is 1. The summed E-state index contributed by atoms with van der Waals surface area (Å²) in [6, 6.07) is 13.2. The Bertz CT molecular complexity index is 1110. The number of carbonyl (C=O) groups is 1. The molecule has 4 rings (SSSR count). The van der Waals surface area contributed by atoms with E-state index in [1.165, 1.54) is 6.07 Å². The van der Waals surface area contributed by atoms with Gasteiger partial charge in [0.25, 0.3) is 10.0 Å². The van der Waals surface area contributed by atoms with Gasteiger partial charge >= 0.3 is 0 Å². The molecule has 0 radical (unpaired) electrons. The normalized spacial score (nSPS) is 19.9. The molecule has 2 aliphatic heterocycles. The lowest BCUT2D eigenvalue weighted by Crippen LogP contribution is -2.51. The number of ether oxygens (including phenoxy) is 1. The summed E-state index contributed by atoms with van der Waals surface area (Å²) in [5.74, 6) is 0.887. The van der Waals surface area contributed by atoms with Gasteiger partial charge in [-0.3, -0.25) is 19.4 Å². The van der Waals surface area contributed by atoms with Gasteiger partial charge in [-0.1, -0.05) is 23.7 Å². The van der Waals surface area contributed by atoms with E-state index >= 15 is 0 Å². The Morgan fingerprint density at radius 3 is 2.53 bits per heavy atom. The van der Waals surface area contributed by atoms with Gasteiger partial charge < -0.3 is 9.64 Å². The highest BCUT2D eigenvalue weighted by Crippen LogP contribution is 2.23. The van der Waals surface area contributed by atoms with Crippen LogP contribution >= 0.6 is 11.6 Å². The first kappa shape index (κ1) is 22.6. The summed E-state index contributed by atoms with van der Waals surface area (Å²) in [7, 11) is -3.62. The fourth-order valence-electron chi connectivity index (χ4n) is 3.76. The molecule has 1 amide bonds. The van der Waals surface area contributed by atoms with Crippen LogP contribution in [0.4, 0.5) is 0 Å². The van der Waals surface area contributed by atoms with E-state index in [2.05, 4.69) is 14.6 Å². The molecule has 0 saturated carbocycles. The summed E-state index contributed by atoms with van der Waals surface area (Å²) >= 11 is 5.88. The number of nitrogens with one attached hydrogen (secondary N) is 1. The minimum Gasteiger partial charge on any atom is -0.492 e. The largest absolute Gasteiger partial charge is 0.492 e. The molecule has 2 aromatic carbocycles. The zero-order valence-corrected chi connectivity index (χ0v) is 19.3. The number of benzene rings is 2. The average molecular weight is 477 g/mol. The highest BCUT2D eigenvalue weighted by molar-refractivity contribution is 7.90. The van der Waals surface area contributed by atoms with E-state index < -0.39 is 16.1 Å². The van der Waals surface area contributed by atoms with Gasteiger partial charge in [-0.25, -0.2) is 8.42 Å². The first-order valence-electron chi connectivity index (χ1n) is 10.4. The summed E-state index contributed by atoms with van der Waals surface area (Å²) < 4.78 is 32.7. The smallest absolute Gasteiger partial charge is 0.263 e. The highest BCUT2D eigenvalue weighted by Gasteiger charge is 2.32. The van der Waals surface area contributed by atoms with E-state index in [4.69, 9.17) is 16.3 Å². The molecule has 0 aromatic heterocycles. The summed E-state index contributed by atoms with van der Waals surface area (Å²) in [6.45, 7) is 5.69. The molecule has 1 saturated heterocycles. The van der Waals surface area contributed by atoms with Crippen molar-refractivity contribution in [2.45, 2.75) is 17.9 Å². The van der Waals surface area contributed by atoms with Gasteiger partial charge in [0.05, 0.1) is 4.90 Å². The van der Waals surface area contributed by atoms with Crippen molar-refractivity contribution >= 4 is 33.4 Å². The molecule has 32 heavy (non-hydrogen) atoms. The van der Waals surface area contributed by atoms with Crippen LogP contribution in [0.1, 0.15) is 12.5 Å². The third-order valence-electron chi connectivity index (χ3n) is 5.52. The van der Waals surface area contributed by atoms with Crippen LogP contribution < -0.4 is 9.46 Å². The molecule has 170 valence electrons. The second-order valence-corrected chi connectivity index (χ2v) is 9.81. The minimum absolute atomic E-state index is 0.113. The van der Waals surface area contributed by atoms with E-state index in [9.17, 15) is 13.2 Å². The van der Waals surface area contributed by atoms with Gasteiger partial charge in [-0.05, 0) is 43.3 Å². The fourth-order valence-corrected chi connectivity index (χ4v) is 5.12. The molecule has 10 heteroatoms. The van der Waals surface area contributed by atoms with Crippen molar-refractivity contribution in [1.82, 2.24) is 14.5 Å². The van der Waals surface area contributed by atoms with E-state index in [1.54, 1.807) is 42.2 Å². The summed E-state index contributed by atoms with van der Waals surface area (Å²) in [5.41, 5.74) is 0.498. The van der Waals surface area contributed by atoms with Crippen LogP contribution in [0, 0.1) is 0 Å². The predicted molar refractivity (Wildman–Crippen MR) is 123 cm³/mol. The van der Waals surface area contributed by atoms with Crippen LogP contribution in [0.25, 0.3) is 0 Å². The molecule has 1 fully saturated rings. The molecule has 1 N–H and O–H groups in total. The highest BCUT2D eigenvalue weighted by atomic mass is 35.5. The zero-order valence-electron chi connectivity index (χ0n) is 17.7. The Balaban J connectivity index is 1.28. The molecule has 1 unspecified atom stereocenters. The standard InChI is InChI=1S/C22H25ClN4O4S/c1-16(24-21-19-4-2-3-5-20(19)32(29,30)25-21)22(28)27-12-10-26(11-13-27)14-15-31-18-8-6-17(23)7-9-18/h2-9,16H,10-15H2,1H3,(H,24,25). The van der Waals surface area contributed by atoms with Crippen molar-refractivity contribution in [2.24, 2.45) is 4.99 Å². The van der Waals surface area contributed by atoms with Crippen molar-refractivity contribution in [3.63, 3.8) is 0 Å². The van der Waals surface area contributed by atoms with E-state index in [-0.39, 0.29) is 16.6 Å². The maximum Gasteiger partial charge on any atom is 0.263 e. The molecule has 2 aromatic rings. The maximum atomic E-state index is 12.9. The van der Waals surface area contributed by atoms with E-state index in [1.807, 2.05) is 12.1 Å². The average Bonchev–Trinajstić information content (AvgIpc) is 3.05. The molecular weight excluding hydrogens is 452 g/mol. The predicted octanol–water partition coefficient (Wildman–Crippen LogP) is 1.99. The van der Waals surface area contributed by atoms with Crippen LogP contribution in [0.5, 0.6) is 5.75 Å². The number of halogens is 1. The van der Waals surface area contributed by atoms with E-state index in [0.29, 0.717) is 30.3 Å². The monoisotopic (exact) mass is 476 g/mol. The minimum atomic E-state index is -3.62. The lowest BCUT2D eigenvalue weighted by Gasteiger charge is -2.35. The molecule has 0 aliphatic carbocycles. The molecular formula is C22H25ClN4O4S. The maximum absolute atomic E-state index is 12.9. The van der Waals surface area contributed by atoms with Crippen LogP contribution in [0.3, 0.4) is 0 Å². The number of hydrogen-bond donors (Lipinski definition) is 1. The lowest BCUT2D eigenvalue weighted by molar-refractivity contribution is -0.133. The number of rotatable bonds is 6. The molecule has 2 aliphatic rings. The number of amidine groups is 1. The van der Waals surface area contributed by atoms with Crippen molar-refractivity contribution < 1.29 is 17.9 Å². The van der Waals surface area contributed by atoms with Crippen molar-refractivity contribution in [2.75, 3.05) is 39.3 Å². The number of aliphatic imine (C=N–C) groups is 1. The second-order valence-electron chi connectivity index (χ2n) is 7.72. The Hall–Kier alpha value is -2.62. The number of sulfonamides is 1. The fraction of sp³-hybridized carbons (Fsp3) is 0.364. The van der Waals surface area contributed by atoms with Crippen molar-refractivity contribution in [3.8, 4) is 5.75 Å². The number of fused-ring (bicyclic) bond motifs is 1. The number of hydrogen-bond acceptors (Lipinski definition) is 6. The van der Waals surface area contributed by atoms with Crippen LogP contribution in [-0.4, -0.2) is 75.3 Å². The molecule has 0 bridgehead atoms. The van der Waals surface area contributed by atoms with Crippen LogP contribution in [0.15, 0.2) is 58.4 Å². The van der Waals surface area contributed by atoms with Gasteiger partial charge in [-0.2, -0.15) is 0 Å². The first-order chi connectivity index (χ1) is 15.3. The lowest BCUT2D eigenvalue weighted by atomic mass is 10.2. The van der Waals surface area contributed by atoms with Gasteiger partial charge in [0.15, 0.2) is 0 Å². The van der Waals surface area contributed by atoms with Gasteiger partial charge in [0.1, 0.15) is 24.2 Å². The van der Waals surface area contributed by atoms with Gasteiger partial charge in [0.2, 0.25) is 5.91 Å². The SMILES string of the molecule is CC(N=C1NS(=O)(=O)c2ccccc21)C(=O)N1CCN(CCOc2ccc(Cl)cc2)CC1. The molecule has 0 spiro atoms. The molecule has 1 atom stereocenters. The summed E-state index contributed by atoms with van der Waals surface area (Å²) in [4.78, 5) is 21.5. The van der Waals surface area contributed by atoms with Crippen molar-refractivity contribution in [1.29, 1.82) is 0 Å². The Labute approximate surface area is 192 Å². The quantitative estimate of drug-likeness (QED) is 0.688. The zero-order chi connectivity index (χ0) is 22.7. The third-order valence-corrected chi connectivity index (χ3v) is 7.17. The summed E-state index contributed by atoms with van der Waals surface area (Å²) in [5, 5.41) is 0.673. The van der Waals surface area contributed by atoms with Gasteiger partial charge in [-0.15, -0.1) is 0 Å². The van der Waals surface area contributed by atoms with Crippen LogP contribution in [0.2, 0.25) is 5.02 Å². The molecule has 8 nitrogen and oxygen atoms in total. The Kier molecular flexibility index (Phi) is 6.68. The van der Waals surface area contributed by atoms with E-state index in [0.717, 1.165) is 25.4 Å². The van der Waals surface area contributed by atoms with Crippen LogP contribution in [-0.2, 0) is 14.8 Å². The Morgan fingerprint density at radius 1 is 1.12 bits per heavy atom. The topological polar surface area (TPSA) is 91.3 Å². The van der Waals surface area contributed by atoms with Gasteiger partial charge in [0, 0.05) is 43.3 Å². The number of nitrogens with zero attached hydrogens (tertiary/aromatic N) is 3. The number of amides is 1. The second kappa shape index (κ2) is 9.48. The molecule has 2 heterocycles. The summed E-state index contributed by atoms with van der Waals surface area (Å²) in [6.07, 6.45) is 0. The third kappa shape index (κ3) is 5.06. The van der Waals surface area contributed by atoms with Crippen molar-refractivity contribution in [3.05, 3.63) is 59.1 Å².